The highest BCUT2D eigenvalue weighted by atomic mass is 127. The number of halogens is 1. The Balaban J connectivity index is 0.00000312. The molecule has 0 unspecified atom stereocenters. The first-order chi connectivity index (χ1) is 11.7. The smallest absolute Gasteiger partial charge is 0.203 e. The first kappa shape index (κ1) is 21.7. The van der Waals surface area contributed by atoms with Gasteiger partial charge in [-0.1, -0.05) is 6.07 Å². The fourth-order valence-corrected chi connectivity index (χ4v) is 3.00. The molecule has 1 aromatic rings. The number of ether oxygens (including phenoxy) is 3. The van der Waals surface area contributed by atoms with E-state index < -0.39 is 0 Å². The van der Waals surface area contributed by atoms with Crippen molar-refractivity contribution in [1.29, 1.82) is 0 Å². The van der Waals surface area contributed by atoms with Crippen molar-refractivity contribution < 1.29 is 14.2 Å². The quantitative estimate of drug-likeness (QED) is 0.383. The third-order valence-electron chi connectivity index (χ3n) is 4.17. The molecule has 0 radical (unpaired) electrons. The van der Waals surface area contributed by atoms with Crippen molar-refractivity contribution in [3.05, 3.63) is 17.7 Å². The van der Waals surface area contributed by atoms with Crippen LogP contribution in [0.2, 0.25) is 0 Å². The van der Waals surface area contributed by atoms with Crippen molar-refractivity contribution in [3.8, 4) is 17.2 Å². The van der Waals surface area contributed by atoms with Crippen molar-refractivity contribution in [2.24, 2.45) is 4.99 Å². The number of hydrogen-bond donors (Lipinski definition) is 1. The molecule has 6 nitrogen and oxygen atoms in total. The van der Waals surface area contributed by atoms with Gasteiger partial charge in [-0.05, 0) is 32.3 Å². The number of benzene rings is 1. The maximum absolute atomic E-state index is 5.54. The minimum absolute atomic E-state index is 0. The Hall–Kier alpha value is -1.38. The van der Waals surface area contributed by atoms with Gasteiger partial charge in [0.1, 0.15) is 0 Å². The molecule has 1 heterocycles. The molecule has 0 bridgehead atoms. The molecule has 0 atom stereocenters. The van der Waals surface area contributed by atoms with Gasteiger partial charge in [-0.15, -0.1) is 24.0 Å². The average Bonchev–Trinajstić information content (AvgIpc) is 3.14. The summed E-state index contributed by atoms with van der Waals surface area (Å²) in [5.41, 5.74) is 1.07. The molecule has 7 heteroatoms. The second-order valence-corrected chi connectivity index (χ2v) is 5.67. The van der Waals surface area contributed by atoms with E-state index in [1.54, 1.807) is 21.3 Å². The van der Waals surface area contributed by atoms with Crippen LogP contribution in [0.4, 0.5) is 0 Å². The standard InChI is InChI=1S/C18H29N3O3.HI/c1-5-19-18(21-12-6-7-13-21)20-11-10-14-8-9-15(22-2)17(24-4)16(14)23-3;/h8-9H,5-7,10-13H2,1-4H3,(H,19,20);1H. The Labute approximate surface area is 167 Å². The molecule has 142 valence electrons. The molecule has 1 fully saturated rings. The van der Waals surface area contributed by atoms with E-state index in [4.69, 9.17) is 19.2 Å². The molecular weight excluding hydrogens is 433 g/mol. The molecular formula is C18H30IN3O3. The van der Waals surface area contributed by atoms with Gasteiger partial charge in [0, 0.05) is 31.7 Å². The molecule has 1 aromatic carbocycles. The Kier molecular flexibility index (Phi) is 9.77. The summed E-state index contributed by atoms with van der Waals surface area (Å²) >= 11 is 0. The van der Waals surface area contributed by atoms with Crippen LogP contribution >= 0.6 is 24.0 Å². The maximum Gasteiger partial charge on any atom is 0.203 e. The molecule has 0 aromatic heterocycles. The molecule has 0 amide bonds. The molecule has 0 spiro atoms. The van der Waals surface area contributed by atoms with Gasteiger partial charge in [-0.2, -0.15) is 0 Å². The summed E-state index contributed by atoms with van der Waals surface area (Å²) in [5, 5.41) is 3.38. The molecule has 1 N–H and O–H groups in total. The van der Waals surface area contributed by atoms with Crippen molar-refractivity contribution in [1.82, 2.24) is 10.2 Å². The number of rotatable bonds is 7. The van der Waals surface area contributed by atoms with Gasteiger partial charge in [-0.3, -0.25) is 4.99 Å². The molecule has 0 aliphatic carbocycles. The monoisotopic (exact) mass is 463 g/mol. The molecule has 1 saturated heterocycles. The lowest BCUT2D eigenvalue weighted by Gasteiger charge is -2.21. The van der Waals surface area contributed by atoms with Crippen molar-refractivity contribution in [2.75, 3.05) is 47.5 Å². The van der Waals surface area contributed by atoms with Crippen LogP contribution in [-0.2, 0) is 6.42 Å². The van der Waals surface area contributed by atoms with E-state index >= 15 is 0 Å². The zero-order valence-electron chi connectivity index (χ0n) is 15.6. The van der Waals surface area contributed by atoms with Gasteiger partial charge in [0.15, 0.2) is 17.5 Å². The fraction of sp³-hybridized carbons (Fsp3) is 0.611. The van der Waals surface area contributed by atoms with Crippen molar-refractivity contribution in [3.63, 3.8) is 0 Å². The predicted molar refractivity (Wildman–Crippen MR) is 112 cm³/mol. The summed E-state index contributed by atoms with van der Waals surface area (Å²) in [5.74, 6) is 3.03. The highest BCUT2D eigenvalue weighted by Gasteiger charge is 2.17. The van der Waals surface area contributed by atoms with Crippen LogP contribution in [0, 0.1) is 0 Å². The van der Waals surface area contributed by atoms with Crippen molar-refractivity contribution in [2.45, 2.75) is 26.2 Å². The Morgan fingerprint density at radius 3 is 2.32 bits per heavy atom. The SMILES string of the molecule is CCNC(=NCCc1ccc(OC)c(OC)c1OC)N1CCCC1.I. The predicted octanol–water partition coefficient (Wildman–Crippen LogP) is 2.93. The van der Waals surface area contributed by atoms with Gasteiger partial charge in [-0.25, -0.2) is 0 Å². The van der Waals surface area contributed by atoms with Gasteiger partial charge in [0.25, 0.3) is 0 Å². The van der Waals surface area contributed by atoms with E-state index in [9.17, 15) is 0 Å². The molecule has 1 aliphatic rings. The number of guanidine groups is 1. The van der Waals surface area contributed by atoms with Crippen LogP contribution in [0.5, 0.6) is 17.2 Å². The number of likely N-dealkylation sites (tertiary alicyclic amines) is 1. The van der Waals surface area contributed by atoms with Crippen LogP contribution in [0.15, 0.2) is 17.1 Å². The number of nitrogens with zero attached hydrogens (tertiary/aromatic N) is 2. The van der Waals surface area contributed by atoms with E-state index in [-0.39, 0.29) is 24.0 Å². The zero-order chi connectivity index (χ0) is 17.4. The number of methoxy groups -OCH3 is 3. The topological polar surface area (TPSA) is 55.3 Å². The van der Waals surface area contributed by atoms with Crippen molar-refractivity contribution >= 4 is 29.9 Å². The third-order valence-corrected chi connectivity index (χ3v) is 4.17. The lowest BCUT2D eigenvalue weighted by molar-refractivity contribution is 0.322. The normalized spacial score (nSPS) is 14.1. The second-order valence-electron chi connectivity index (χ2n) is 5.67. The second kappa shape index (κ2) is 11.3. The maximum atomic E-state index is 5.54. The van der Waals surface area contributed by atoms with E-state index in [0.29, 0.717) is 18.0 Å². The Morgan fingerprint density at radius 1 is 1.08 bits per heavy atom. The average molecular weight is 463 g/mol. The third kappa shape index (κ3) is 5.55. The molecule has 0 saturated carbocycles. The first-order valence-electron chi connectivity index (χ1n) is 8.56. The van der Waals surface area contributed by atoms with Crippen LogP contribution in [0.25, 0.3) is 0 Å². The molecule has 2 rings (SSSR count). The van der Waals surface area contributed by atoms with Crippen LogP contribution in [0.1, 0.15) is 25.3 Å². The summed E-state index contributed by atoms with van der Waals surface area (Å²) < 4.78 is 16.3. The van der Waals surface area contributed by atoms with Gasteiger partial charge in [0.05, 0.1) is 21.3 Å². The van der Waals surface area contributed by atoms with E-state index in [0.717, 1.165) is 43.3 Å². The van der Waals surface area contributed by atoms with E-state index in [1.807, 2.05) is 12.1 Å². The summed E-state index contributed by atoms with van der Waals surface area (Å²) in [6, 6.07) is 3.92. The fourth-order valence-electron chi connectivity index (χ4n) is 3.00. The van der Waals surface area contributed by atoms with Crippen LogP contribution in [-0.4, -0.2) is 58.4 Å². The van der Waals surface area contributed by atoms with E-state index in [2.05, 4.69) is 17.1 Å². The molecule has 25 heavy (non-hydrogen) atoms. The number of nitrogens with one attached hydrogen (secondary N) is 1. The summed E-state index contributed by atoms with van der Waals surface area (Å²) in [6.45, 7) is 5.86. The number of hydrogen-bond acceptors (Lipinski definition) is 4. The van der Waals surface area contributed by atoms with Crippen LogP contribution in [0.3, 0.4) is 0 Å². The molecule has 1 aliphatic heterocycles. The Bertz CT molecular complexity index is 561. The lowest BCUT2D eigenvalue weighted by Crippen LogP contribution is -2.39. The van der Waals surface area contributed by atoms with Crippen LogP contribution < -0.4 is 19.5 Å². The van der Waals surface area contributed by atoms with Gasteiger partial charge >= 0.3 is 0 Å². The lowest BCUT2D eigenvalue weighted by atomic mass is 10.1. The summed E-state index contributed by atoms with van der Waals surface area (Å²) in [6.07, 6.45) is 3.27. The minimum Gasteiger partial charge on any atom is -0.493 e. The highest BCUT2D eigenvalue weighted by Crippen LogP contribution is 2.39. The van der Waals surface area contributed by atoms with Gasteiger partial charge < -0.3 is 24.4 Å². The zero-order valence-corrected chi connectivity index (χ0v) is 18.0. The van der Waals surface area contributed by atoms with Gasteiger partial charge in [0.2, 0.25) is 5.75 Å². The first-order valence-corrected chi connectivity index (χ1v) is 8.56. The largest absolute Gasteiger partial charge is 0.493 e. The Morgan fingerprint density at radius 2 is 1.76 bits per heavy atom. The minimum atomic E-state index is 0. The number of aliphatic imine (C=N–C) groups is 1. The summed E-state index contributed by atoms with van der Waals surface area (Å²) in [7, 11) is 4.90. The summed E-state index contributed by atoms with van der Waals surface area (Å²) in [4.78, 5) is 7.10. The highest BCUT2D eigenvalue weighted by molar-refractivity contribution is 14.0. The van der Waals surface area contributed by atoms with E-state index in [1.165, 1.54) is 12.8 Å².